The van der Waals surface area contributed by atoms with Crippen LogP contribution in [0.5, 0.6) is 0 Å². The van der Waals surface area contributed by atoms with Crippen molar-refractivity contribution >= 4 is 0 Å². The molecule has 0 radical (unpaired) electrons. The van der Waals surface area contributed by atoms with Crippen LogP contribution in [0.1, 0.15) is 31.4 Å². The van der Waals surface area contributed by atoms with E-state index in [2.05, 4.69) is 4.98 Å². The highest BCUT2D eigenvalue weighted by Crippen LogP contribution is 2.15. The summed E-state index contributed by atoms with van der Waals surface area (Å²) in [6, 6.07) is 5.86. The summed E-state index contributed by atoms with van der Waals surface area (Å²) in [5.41, 5.74) is 1.07. The normalized spacial score (nSPS) is 14.3. The van der Waals surface area contributed by atoms with Crippen molar-refractivity contribution in [2.75, 3.05) is 0 Å². The number of aryl methyl sites for hydroxylation is 1. The van der Waals surface area contributed by atoms with Gasteiger partial charge in [-0.1, -0.05) is 31.7 Å². The largest absolute Gasteiger partial charge is 0.262 e. The second kappa shape index (κ2) is 4.89. The Bertz CT molecular complexity index is 173. The van der Waals surface area contributed by atoms with Gasteiger partial charge < -0.3 is 0 Å². The molecular formula is C10H15N. The van der Waals surface area contributed by atoms with Gasteiger partial charge in [-0.3, -0.25) is 4.98 Å². The van der Waals surface area contributed by atoms with Crippen molar-refractivity contribution < 1.29 is 0 Å². The van der Waals surface area contributed by atoms with E-state index in [1.54, 1.807) is 6.20 Å². The molecule has 0 atom stereocenters. The van der Waals surface area contributed by atoms with Crippen molar-refractivity contribution in [1.82, 2.24) is 4.98 Å². The lowest BCUT2D eigenvalue weighted by molar-refractivity contribution is 0.504. The van der Waals surface area contributed by atoms with E-state index >= 15 is 0 Å². The molecule has 11 heavy (non-hydrogen) atoms. The third-order valence-corrected chi connectivity index (χ3v) is 1.81. The summed E-state index contributed by atoms with van der Waals surface area (Å²) in [6.45, 7) is 1.97. The van der Waals surface area contributed by atoms with Gasteiger partial charge >= 0.3 is 0 Å². The van der Waals surface area contributed by atoms with E-state index in [4.69, 9.17) is 0 Å². The van der Waals surface area contributed by atoms with Crippen LogP contribution in [0.2, 0.25) is 0 Å². The predicted molar refractivity (Wildman–Crippen MR) is 47.4 cm³/mol. The van der Waals surface area contributed by atoms with E-state index < -0.39 is 0 Å². The van der Waals surface area contributed by atoms with Crippen molar-refractivity contribution in [2.45, 2.75) is 32.6 Å². The monoisotopic (exact) mass is 149 g/mol. The van der Waals surface area contributed by atoms with Crippen LogP contribution in [0, 0.1) is 6.92 Å². The summed E-state index contributed by atoms with van der Waals surface area (Å²) in [7, 11) is 0. The molecule has 1 aliphatic rings. The minimum atomic E-state index is 1.07. The van der Waals surface area contributed by atoms with Crippen LogP contribution in [0.3, 0.4) is 0 Å². The second-order valence-electron chi connectivity index (χ2n) is 2.89. The molecule has 1 aromatic heterocycles. The smallest absolute Gasteiger partial charge is 0.0372 e. The van der Waals surface area contributed by atoms with Gasteiger partial charge in [0.15, 0.2) is 0 Å². The van der Waals surface area contributed by atoms with E-state index in [9.17, 15) is 0 Å². The van der Waals surface area contributed by atoms with Gasteiger partial charge in [0.25, 0.3) is 0 Å². The number of hydrogen-bond acceptors (Lipinski definition) is 1. The summed E-state index contributed by atoms with van der Waals surface area (Å²) >= 11 is 0. The molecule has 1 heterocycles. The third kappa shape index (κ3) is 3.76. The lowest BCUT2D eigenvalue weighted by Crippen LogP contribution is -1.85. The summed E-state index contributed by atoms with van der Waals surface area (Å²) in [4.78, 5) is 3.98. The Hall–Kier alpha value is -0.850. The summed E-state index contributed by atoms with van der Waals surface area (Å²) in [5.74, 6) is 0. The average Bonchev–Trinajstić information content (AvgIpc) is 1.85. The van der Waals surface area contributed by atoms with Crippen LogP contribution >= 0.6 is 0 Å². The highest BCUT2D eigenvalue weighted by Gasteiger charge is 1.95. The maximum atomic E-state index is 3.98. The summed E-state index contributed by atoms with van der Waals surface area (Å²) < 4.78 is 0. The zero-order valence-corrected chi connectivity index (χ0v) is 7.09. The van der Waals surface area contributed by atoms with E-state index in [1.807, 2.05) is 25.1 Å². The molecule has 1 aliphatic carbocycles. The van der Waals surface area contributed by atoms with E-state index in [1.165, 1.54) is 25.7 Å². The zero-order chi connectivity index (χ0) is 7.94. The van der Waals surface area contributed by atoms with Crippen molar-refractivity contribution in [2.24, 2.45) is 0 Å². The van der Waals surface area contributed by atoms with Crippen molar-refractivity contribution in [3.8, 4) is 0 Å². The number of pyridine rings is 1. The zero-order valence-electron chi connectivity index (χ0n) is 7.09. The fourth-order valence-electron chi connectivity index (χ4n) is 0.698. The molecule has 0 bridgehead atoms. The van der Waals surface area contributed by atoms with E-state index in [0.29, 0.717) is 0 Å². The Labute approximate surface area is 68.5 Å². The predicted octanol–water partition coefficient (Wildman–Crippen LogP) is 2.95. The molecular weight excluding hydrogens is 134 g/mol. The molecule has 1 aromatic rings. The van der Waals surface area contributed by atoms with Crippen LogP contribution in [0.25, 0.3) is 0 Å². The first-order valence-electron chi connectivity index (χ1n) is 4.27. The van der Waals surface area contributed by atoms with Gasteiger partial charge in [0, 0.05) is 11.9 Å². The fourth-order valence-corrected chi connectivity index (χ4v) is 0.698. The van der Waals surface area contributed by atoms with Crippen LogP contribution in [-0.4, -0.2) is 4.98 Å². The van der Waals surface area contributed by atoms with Gasteiger partial charge in [-0.25, -0.2) is 0 Å². The Kier molecular flexibility index (Phi) is 3.67. The SMILES string of the molecule is C1CCC1.Cc1ccccn1. The second-order valence-corrected chi connectivity index (χ2v) is 2.89. The Morgan fingerprint density at radius 2 is 1.73 bits per heavy atom. The number of aromatic nitrogens is 1. The number of nitrogens with zero attached hydrogens (tertiary/aromatic N) is 1. The lowest BCUT2D eigenvalue weighted by atomic mass is 10.0. The summed E-state index contributed by atoms with van der Waals surface area (Å²) in [5, 5.41) is 0. The quantitative estimate of drug-likeness (QED) is 0.552. The first-order valence-corrected chi connectivity index (χ1v) is 4.27. The molecule has 0 amide bonds. The van der Waals surface area contributed by atoms with Crippen LogP contribution in [0.4, 0.5) is 0 Å². The number of hydrogen-bond donors (Lipinski definition) is 0. The highest BCUT2D eigenvalue weighted by atomic mass is 14.6. The van der Waals surface area contributed by atoms with Crippen LogP contribution in [-0.2, 0) is 0 Å². The average molecular weight is 149 g/mol. The molecule has 0 N–H and O–H groups in total. The van der Waals surface area contributed by atoms with Crippen molar-refractivity contribution in [1.29, 1.82) is 0 Å². The van der Waals surface area contributed by atoms with Gasteiger partial charge in [0.2, 0.25) is 0 Å². The van der Waals surface area contributed by atoms with Crippen LogP contribution < -0.4 is 0 Å². The Balaban J connectivity index is 0.000000128. The van der Waals surface area contributed by atoms with Crippen LogP contribution in [0.15, 0.2) is 24.4 Å². The molecule has 0 spiro atoms. The van der Waals surface area contributed by atoms with Gasteiger partial charge in [0.05, 0.1) is 0 Å². The van der Waals surface area contributed by atoms with Gasteiger partial charge in [-0.05, 0) is 19.1 Å². The topological polar surface area (TPSA) is 12.9 Å². The number of rotatable bonds is 0. The fraction of sp³-hybridized carbons (Fsp3) is 0.500. The molecule has 1 heteroatoms. The molecule has 0 aromatic carbocycles. The van der Waals surface area contributed by atoms with Gasteiger partial charge in [-0.15, -0.1) is 0 Å². The molecule has 0 saturated heterocycles. The van der Waals surface area contributed by atoms with E-state index in [0.717, 1.165) is 5.69 Å². The molecule has 1 saturated carbocycles. The first-order chi connectivity index (χ1) is 5.39. The summed E-state index contributed by atoms with van der Waals surface area (Å²) in [6.07, 6.45) is 7.79. The first kappa shape index (κ1) is 8.25. The van der Waals surface area contributed by atoms with Gasteiger partial charge in [0.1, 0.15) is 0 Å². The highest BCUT2D eigenvalue weighted by molar-refractivity contribution is 4.99. The van der Waals surface area contributed by atoms with Crippen molar-refractivity contribution in [3.63, 3.8) is 0 Å². The lowest BCUT2D eigenvalue weighted by Gasteiger charge is -2.05. The molecule has 2 rings (SSSR count). The Morgan fingerprint density at radius 3 is 1.91 bits per heavy atom. The molecule has 0 unspecified atom stereocenters. The van der Waals surface area contributed by atoms with Gasteiger partial charge in [-0.2, -0.15) is 0 Å². The molecule has 1 nitrogen and oxygen atoms in total. The minimum absolute atomic E-state index is 1.07. The maximum absolute atomic E-state index is 3.98. The van der Waals surface area contributed by atoms with E-state index in [-0.39, 0.29) is 0 Å². The Morgan fingerprint density at radius 1 is 1.09 bits per heavy atom. The minimum Gasteiger partial charge on any atom is -0.262 e. The maximum Gasteiger partial charge on any atom is 0.0372 e. The molecule has 1 fully saturated rings. The standard InChI is InChI=1S/C6H7N.C4H8/c1-6-4-2-3-5-7-6;1-2-4-3-1/h2-5H,1H3;1-4H2. The molecule has 60 valence electrons. The third-order valence-electron chi connectivity index (χ3n) is 1.81. The van der Waals surface area contributed by atoms with Crippen molar-refractivity contribution in [3.05, 3.63) is 30.1 Å². The molecule has 0 aliphatic heterocycles.